The standard InChI is InChI=1S/C39H69NO8/c1-6-8-10-12-14-15-16-17-18-19-20-21-22-23-24-26-28-30-37(42)48-35(33-46-36(41)29-27-25-13-11-9-7-2)34-47-39(38(43)44)45-32-31-40(3,4)5/h8,10,14-15,17-18,35,39H,6-7,9,11-13,16,19-34H2,1-5H3/b10-8-,15-14-,18-17-. The topological polar surface area (TPSA) is 111 Å². The maximum Gasteiger partial charge on any atom is 0.306 e. The van der Waals surface area contributed by atoms with Crippen LogP contribution in [0, 0.1) is 0 Å². The largest absolute Gasteiger partial charge is 0.545 e. The van der Waals surface area contributed by atoms with Gasteiger partial charge in [0.15, 0.2) is 12.4 Å². The molecule has 0 N–H and O–H groups in total. The molecule has 48 heavy (non-hydrogen) atoms. The molecule has 0 amide bonds. The predicted molar refractivity (Wildman–Crippen MR) is 191 cm³/mol. The second-order valence-corrected chi connectivity index (χ2v) is 13.5. The molecule has 0 aromatic rings. The molecule has 0 heterocycles. The Morgan fingerprint density at radius 2 is 1.19 bits per heavy atom. The number of rotatable bonds is 33. The van der Waals surface area contributed by atoms with Crippen LogP contribution in [0.5, 0.6) is 0 Å². The quantitative estimate of drug-likeness (QED) is 0.0232. The van der Waals surface area contributed by atoms with Crippen molar-refractivity contribution >= 4 is 17.9 Å². The van der Waals surface area contributed by atoms with Crippen molar-refractivity contribution in [2.45, 2.75) is 148 Å². The second-order valence-electron chi connectivity index (χ2n) is 13.5. The zero-order valence-electron chi connectivity index (χ0n) is 31.1. The van der Waals surface area contributed by atoms with Gasteiger partial charge in [-0.25, -0.2) is 0 Å². The molecule has 0 spiro atoms. The van der Waals surface area contributed by atoms with Crippen LogP contribution in [-0.2, 0) is 33.3 Å². The summed E-state index contributed by atoms with van der Waals surface area (Å²) in [6.45, 7) is 4.52. The minimum absolute atomic E-state index is 0.145. The molecule has 278 valence electrons. The lowest BCUT2D eigenvalue weighted by Crippen LogP contribution is -2.44. The Balaban J connectivity index is 4.46. The molecule has 2 atom stereocenters. The van der Waals surface area contributed by atoms with E-state index in [9.17, 15) is 19.5 Å². The van der Waals surface area contributed by atoms with Crippen molar-refractivity contribution in [1.82, 2.24) is 0 Å². The highest BCUT2D eigenvalue weighted by Crippen LogP contribution is 2.12. The fourth-order valence-electron chi connectivity index (χ4n) is 4.72. The lowest BCUT2D eigenvalue weighted by atomic mass is 10.1. The van der Waals surface area contributed by atoms with Crippen LogP contribution >= 0.6 is 0 Å². The fraction of sp³-hybridized carbons (Fsp3) is 0.769. The number of carboxylic acid groups (broad SMARTS) is 1. The van der Waals surface area contributed by atoms with Crippen molar-refractivity contribution in [2.24, 2.45) is 0 Å². The molecule has 9 nitrogen and oxygen atoms in total. The van der Waals surface area contributed by atoms with Crippen LogP contribution in [0.25, 0.3) is 0 Å². The Kier molecular flexibility index (Phi) is 30.1. The predicted octanol–water partition coefficient (Wildman–Crippen LogP) is 7.38. The Morgan fingerprint density at radius 1 is 0.646 bits per heavy atom. The average molecular weight is 680 g/mol. The third-order valence-corrected chi connectivity index (χ3v) is 7.65. The first-order valence-corrected chi connectivity index (χ1v) is 18.6. The highest BCUT2D eigenvalue weighted by atomic mass is 16.7. The summed E-state index contributed by atoms with van der Waals surface area (Å²) in [5.41, 5.74) is 0. The van der Waals surface area contributed by atoms with Crippen molar-refractivity contribution in [3.63, 3.8) is 0 Å². The van der Waals surface area contributed by atoms with E-state index in [4.69, 9.17) is 18.9 Å². The number of esters is 2. The number of unbranched alkanes of at least 4 members (excludes halogenated alkanes) is 12. The van der Waals surface area contributed by atoms with Gasteiger partial charge in [0.05, 0.1) is 40.3 Å². The number of allylic oxidation sites excluding steroid dienone is 6. The number of likely N-dealkylation sites (N-methyl/N-ethyl adjacent to an activating group) is 1. The van der Waals surface area contributed by atoms with Crippen LogP contribution in [0.3, 0.4) is 0 Å². The minimum Gasteiger partial charge on any atom is -0.545 e. The molecule has 0 fully saturated rings. The van der Waals surface area contributed by atoms with Crippen molar-refractivity contribution < 1.29 is 42.9 Å². The van der Waals surface area contributed by atoms with E-state index < -0.39 is 24.3 Å². The van der Waals surface area contributed by atoms with Crippen molar-refractivity contribution in [2.75, 3.05) is 47.5 Å². The van der Waals surface area contributed by atoms with Gasteiger partial charge in [0, 0.05) is 12.8 Å². The molecule has 2 unspecified atom stereocenters. The van der Waals surface area contributed by atoms with Gasteiger partial charge in [-0.1, -0.05) is 115 Å². The summed E-state index contributed by atoms with van der Waals surface area (Å²) in [4.78, 5) is 36.5. The Bertz CT molecular complexity index is 893. The normalized spacial score (nSPS) is 13.4. The van der Waals surface area contributed by atoms with Gasteiger partial charge in [-0.2, -0.15) is 0 Å². The third kappa shape index (κ3) is 32.1. The third-order valence-electron chi connectivity index (χ3n) is 7.65. The first-order chi connectivity index (χ1) is 23.1. The van der Waals surface area contributed by atoms with E-state index in [0.717, 1.165) is 70.6 Å². The molecule has 0 bridgehead atoms. The van der Waals surface area contributed by atoms with Gasteiger partial charge in [-0.05, 0) is 44.9 Å². The molecule has 0 aromatic carbocycles. The van der Waals surface area contributed by atoms with Gasteiger partial charge >= 0.3 is 11.9 Å². The van der Waals surface area contributed by atoms with E-state index in [0.29, 0.717) is 17.4 Å². The summed E-state index contributed by atoms with van der Waals surface area (Å²) < 4.78 is 22.3. The van der Waals surface area contributed by atoms with Gasteiger partial charge in [-0.15, -0.1) is 0 Å². The van der Waals surface area contributed by atoms with Gasteiger partial charge in [0.1, 0.15) is 13.2 Å². The Labute approximate surface area is 292 Å². The summed E-state index contributed by atoms with van der Waals surface area (Å²) in [5, 5.41) is 11.6. The highest BCUT2D eigenvalue weighted by Gasteiger charge is 2.21. The van der Waals surface area contributed by atoms with Crippen molar-refractivity contribution in [3.8, 4) is 0 Å². The monoisotopic (exact) mass is 680 g/mol. The van der Waals surface area contributed by atoms with E-state index in [1.807, 2.05) is 21.1 Å². The molecule has 0 aliphatic carbocycles. The maximum atomic E-state index is 12.6. The molecule has 0 saturated heterocycles. The van der Waals surface area contributed by atoms with Gasteiger partial charge in [-0.3, -0.25) is 9.59 Å². The number of carbonyl (C=O) groups is 3. The molecule has 0 aromatic heterocycles. The summed E-state index contributed by atoms with van der Waals surface area (Å²) in [6, 6.07) is 0. The Morgan fingerprint density at radius 3 is 1.77 bits per heavy atom. The number of hydrogen-bond donors (Lipinski definition) is 0. The molecule has 0 aliphatic rings. The number of carboxylic acids is 1. The van der Waals surface area contributed by atoms with Gasteiger partial charge in [0.2, 0.25) is 0 Å². The molecule has 0 aliphatic heterocycles. The summed E-state index contributed by atoms with van der Waals surface area (Å²) in [6.07, 6.45) is 29.2. The SMILES string of the molecule is CC/C=C\C/C=C\C/C=C\CCCCCCCCCC(=O)OC(COC(=O)CCCCCCCC)COC(OCC[N+](C)(C)C)C(=O)[O-]. The zero-order valence-corrected chi connectivity index (χ0v) is 31.1. The highest BCUT2D eigenvalue weighted by molar-refractivity contribution is 5.70. The number of ether oxygens (including phenoxy) is 4. The number of quaternary nitrogens is 1. The van der Waals surface area contributed by atoms with Crippen LogP contribution in [0.4, 0.5) is 0 Å². The summed E-state index contributed by atoms with van der Waals surface area (Å²) in [7, 11) is 5.88. The van der Waals surface area contributed by atoms with Crippen LogP contribution < -0.4 is 5.11 Å². The zero-order chi connectivity index (χ0) is 35.7. The van der Waals surface area contributed by atoms with Gasteiger partial charge in [0.25, 0.3) is 0 Å². The minimum atomic E-state index is -1.62. The van der Waals surface area contributed by atoms with Crippen LogP contribution in [0.1, 0.15) is 136 Å². The van der Waals surface area contributed by atoms with E-state index in [-0.39, 0.29) is 38.6 Å². The van der Waals surface area contributed by atoms with Gasteiger partial charge < -0.3 is 33.3 Å². The molecule has 0 rings (SSSR count). The lowest BCUT2D eigenvalue weighted by Gasteiger charge is -2.26. The van der Waals surface area contributed by atoms with Crippen LogP contribution in [-0.4, -0.2) is 82.3 Å². The molecule has 0 saturated carbocycles. The second kappa shape index (κ2) is 31.8. The number of carbonyl (C=O) groups excluding carboxylic acids is 3. The molecular weight excluding hydrogens is 610 g/mol. The van der Waals surface area contributed by atoms with Crippen molar-refractivity contribution in [1.29, 1.82) is 0 Å². The lowest BCUT2D eigenvalue weighted by molar-refractivity contribution is -0.870. The van der Waals surface area contributed by atoms with E-state index >= 15 is 0 Å². The first kappa shape index (κ1) is 45.5. The molecule has 9 heteroatoms. The Hall–Kier alpha value is -2.49. The molecule has 0 radical (unpaired) electrons. The van der Waals surface area contributed by atoms with E-state index in [1.165, 1.54) is 32.1 Å². The smallest absolute Gasteiger partial charge is 0.306 e. The van der Waals surface area contributed by atoms with E-state index in [1.54, 1.807) is 0 Å². The van der Waals surface area contributed by atoms with E-state index in [2.05, 4.69) is 50.3 Å². The number of hydrogen-bond acceptors (Lipinski definition) is 8. The molecular formula is C39H69NO8. The fourth-order valence-corrected chi connectivity index (χ4v) is 4.72. The van der Waals surface area contributed by atoms with Crippen molar-refractivity contribution in [3.05, 3.63) is 36.5 Å². The number of aliphatic carboxylic acids is 1. The first-order valence-electron chi connectivity index (χ1n) is 18.6. The average Bonchev–Trinajstić information content (AvgIpc) is 3.03. The maximum absolute atomic E-state index is 12.6. The number of nitrogens with zero attached hydrogens (tertiary/aromatic N) is 1. The van der Waals surface area contributed by atoms with Crippen LogP contribution in [0.15, 0.2) is 36.5 Å². The summed E-state index contributed by atoms with van der Waals surface area (Å²) >= 11 is 0. The van der Waals surface area contributed by atoms with Crippen LogP contribution in [0.2, 0.25) is 0 Å². The summed E-state index contributed by atoms with van der Waals surface area (Å²) in [5.74, 6) is -2.32.